The van der Waals surface area contributed by atoms with Crippen LogP contribution in [0.25, 0.3) is 0 Å². The van der Waals surface area contributed by atoms with E-state index in [9.17, 15) is 5.11 Å². The second-order valence-corrected chi connectivity index (χ2v) is 5.15. The summed E-state index contributed by atoms with van der Waals surface area (Å²) in [5.74, 6) is 2.23. The van der Waals surface area contributed by atoms with Gasteiger partial charge in [-0.05, 0) is 49.3 Å². The van der Waals surface area contributed by atoms with Crippen LogP contribution in [-0.2, 0) is 5.60 Å². The first kappa shape index (κ1) is 10.9. The predicted octanol–water partition coefficient (Wildman–Crippen LogP) is 2.47. The molecule has 2 aliphatic rings. The minimum atomic E-state index is -0.607. The molecule has 0 heterocycles. The summed E-state index contributed by atoms with van der Waals surface area (Å²) in [6.45, 7) is 0.762. The number of rotatable bonds is 5. The third kappa shape index (κ3) is 2.25. The normalized spacial score (nSPS) is 21.1. The molecule has 0 radical (unpaired) electrons. The Balaban J connectivity index is 1.80. The topological polar surface area (TPSA) is 38.7 Å². The second-order valence-electron chi connectivity index (χ2n) is 5.15. The van der Waals surface area contributed by atoms with Crippen molar-refractivity contribution in [1.29, 1.82) is 0 Å². The van der Waals surface area contributed by atoms with E-state index in [1.165, 1.54) is 12.8 Å². The fourth-order valence-electron chi connectivity index (χ4n) is 1.98. The smallest absolute Gasteiger partial charge is 0.161 e. The van der Waals surface area contributed by atoms with Crippen LogP contribution in [-0.4, -0.2) is 18.8 Å². The lowest BCUT2D eigenvalue weighted by Crippen LogP contribution is -2.06. The van der Waals surface area contributed by atoms with E-state index in [1.807, 2.05) is 18.2 Å². The molecule has 0 bridgehead atoms. The summed E-state index contributed by atoms with van der Waals surface area (Å²) in [6.07, 6.45) is 4.24. The molecule has 3 heteroatoms. The summed E-state index contributed by atoms with van der Waals surface area (Å²) in [5.41, 5.74) is 0.341. The maximum atomic E-state index is 10.1. The van der Waals surface area contributed by atoms with E-state index in [-0.39, 0.29) is 0 Å². The summed E-state index contributed by atoms with van der Waals surface area (Å²) in [7, 11) is 1.64. The summed E-state index contributed by atoms with van der Waals surface area (Å²) in [4.78, 5) is 0. The predicted molar refractivity (Wildman–Crippen MR) is 64.3 cm³/mol. The highest BCUT2D eigenvalue weighted by Crippen LogP contribution is 2.47. The third-order valence-corrected chi connectivity index (χ3v) is 3.60. The van der Waals surface area contributed by atoms with Gasteiger partial charge < -0.3 is 14.6 Å². The van der Waals surface area contributed by atoms with Crippen LogP contribution in [0.15, 0.2) is 18.2 Å². The lowest BCUT2D eigenvalue weighted by atomic mass is 10.1. The standard InChI is InChI=1S/C14H18O3/c1-16-12-5-4-11(14(15)6-7-14)8-13(12)17-9-10-2-3-10/h4-5,8,10,15H,2-3,6-7,9H2,1H3. The summed E-state index contributed by atoms with van der Waals surface area (Å²) >= 11 is 0. The SMILES string of the molecule is COc1ccc(C2(O)CC2)cc1OCC1CC1. The Morgan fingerprint density at radius 1 is 1.29 bits per heavy atom. The quantitative estimate of drug-likeness (QED) is 0.850. The van der Waals surface area contributed by atoms with Crippen molar-refractivity contribution < 1.29 is 14.6 Å². The van der Waals surface area contributed by atoms with E-state index in [2.05, 4.69) is 0 Å². The molecule has 3 rings (SSSR count). The zero-order valence-corrected chi connectivity index (χ0v) is 10.1. The highest BCUT2D eigenvalue weighted by atomic mass is 16.5. The number of hydrogen-bond acceptors (Lipinski definition) is 3. The van der Waals surface area contributed by atoms with Crippen LogP contribution in [0.4, 0.5) is 0 Å². The minimum Gasteiger partial charge on any atom is -0.493 e. The van der Waals surface area contributed by atoms with E-state index in [1.54, 1.807) is 7.11 Å². The zero-order valence-electron chi connectivity index (χ0n) is 10.1. The van der Waals surface area contributed by atoms with Gasteiger partial charge in [0.25, 0.3) is 0 Å². The van der Waals surface area contributed by atoms with Gasteiger partial charge in [0.2, 0.25) is 0 Å². The van der Waals surface area contributed by atoms with Gasteiger partial charge in [-0.15, -0.1) is 0 Å². The number of aliphatic hydroxyl groups is 1. The van der Waals surface area contributed by atoms with E-state index < -0.39 is 5.60 Å². The first-order chi connectivity index (χ1) is 8.21. The second kappa shape index (κ2) is 3.91. The van der Waals surface area contributed by atoms with Gasteiger partial charge in [0.1, 0.15) is 0 Å². The molecule has 0 aromatic heterocycles. The van der Waals surface area contributed by atoms with Crippen LogP contribution in [0.2, 0.25) is 0 Å². The zero-order chi connectivity index (χ0) is 11.9. The van der Waals surface area contributed by atoms with E-state index in [4.69, 9.17) is 9.47 Å². The Morgan fingerprint density at radius 3 is 2.65 bits per heavy atom. The van der Waals surface area contributed by atoms with Gasteiger partial charge in [-0.25, -0.2) is 0 Å². The molecule has 0 saturated heterocycles. The summed E-state index contributed by atoms with van der Waals surface area (Å²) < 4.78 is 11.1. The number of hydrogen-bond donors (Lipinski definition) is 1. The molecule has 1 aromatic rings. The van der Waals surface area contributed by atoms with Crippen LogP contribution < -0.4 is 9.47 Å². The minimum absolute atomic E-state index is 0.607. The van der Waals surface area contributed by atoms with Crippen LogP contribution in [0.1, 0.15) is 31.2 Å². The van der Waals surface area contributed by atoms with Crippen molar-refractivity contribution in [1.82, 2.24) is 0 Å². The van der Waals surface area contributed by atoms with Crippen molar-refractivity contribution in [3.63, 3.8) is 0 Å². The molecule has 17 heavy (non-hydrogen) atoms. The number of ether oxygens (including phenoxy) is 2. The van der Waals surface area contributed by atoms with Gasteiger partial charge in [-0.3, -0.25) is 0 Å². The van der Waals surface area contributed by atoms with E-state index >= 15 is 0 Å². The maximum absolute atomic E-state index is 10.1. The van der Waals surface area contributed by atoms with Gasteiger partial charge in [-0.2, -0.15) is 0 Å². The molecule has 3 nitrogen and oxygen atoms in total. The van der Waals surface area contributed by atoms with Gasteiger partial charge in [0, 0.05) is 0 Å². The maximum Gasteiger partial charge on any atom is 0.161 e. The highest BCUT2D eigenvalue weighted by Gasteiger charge is 2.42. The molecule has 0 unspecified atom stereocenters. The summed E-state index contributed by atoms with van der Waals surface area (Å²) in [6, 6.07) is 5.73. The van der Waals surface area contributed by atoms with Crippen molar-refractivity contribution in [2.45, 2.75) is 31.3 Å². The van der Waals surface area contributed by atoms with Gasteiger partial charge in [0.15, 0.2) is 11.5 Å². The molecular formula is C14H18O3. The Bertz CT molecular complexity index is 419. The average molecular weight is 234 g/mol. The molecule has 2 saturated carbocycles. The first-order valence-corrected chi connectivity index (χ1v) is 6.25. The van der Waals surface area contributed by atoms with Crippen molar-refractivity contribution in [3.8, 4) is 11.5 Å². The van der Waals surface area contributed by atoms with E-state index in [0.717, 1.165) is 36.5 Å². The molecule has 0 atom stereocenters. The molecule has 0 aliphatic heterocycles. The Kier molecular flexibility index (Phi) is 2.51. The third-order valence-electron chi connectivity index (χ3n) is 3.60. The fraction of sp³-hybridized carbons (Fsp3) is 0.571. The van der Waals surface area contributed by atoms with Gasteiger partial charge >= 0.3 is 0 Å². The Morgan fingerprint density at radius 2 is 2.06 bits per heavy atom. The molecule has 2 fully saturated rings. The van der Waals surface area contributed by atoms with Gasteiger partial charge in [-0.1, -0.05) is 6.07 Å². The molecule has 2 aliphatic carbocycles. The van der Waals surface area contributed by atoms with Crippen molar-refractivity contribution in [2.75, 3.05) is 13.7 Å². The molecule has 0 amide bonds. The molecular weight excluding hydrogens is 216 g/mol. The van der Waals surface area contributed by atoms with Crippen LogP contribution >= 0.6 is 0 Å². The Labute approximate surface area is 101 Å². The molecule has 0 spiro atoms. The summed E-state index contributed by atoms with van der Waals surface area (Å²) in [5, 5.41) is 10.1. The van der Waals surface area contributed by atoms with Crippen LogP contribution in [0.5, 0.6) is 11.5 Å². The Hall–Kier alpha value is -1.22. The lowest BCUT2D eigenvalue weighted by Gasteiger charge is -2.14. The van der Waals surface area contributed by atoms with Gasteiger partial charge in [0.05, 0.1) is 19.3 Å². The van der Waals surface area contributed by atoms with Crippen LogP contribution in [0.3, 0.4) is 0 Å². The number of methoxy groups -OCH3 is 1. The molecule has 92 valence electrons. The van der Waals surface area contributed by atoms with Crippen molar-refractivity contribution in [3.05, 3.63) is 23.8 Å². The van der Waals surface area contributed by atoms with Crippen molar-refractivity contribution >= 4 is 0 Å². The first-order valence-electron chi connectivity index (χ1n) is 6.25. The van der Waals surface area contributed by atoms with Crippen molar-refractivity contribution in [2.24, 2.45) is 5.92 Å². The highest BCUT2D eigenvalue weighted by molar-refractivity contribution is 5.45. The van der Waals surface area contributed by atoms with E-state index in [0.29, 0.717) is 5.92 Å². The largest absolute Gasteiger partial charge is 0.493 e. The monoisotopic (exact) mass is 234 g/mol. The molecule has 1 aromatic carbocycles. The molecule has 1 N–H and O–H groups in total. The number of benzene rings is 1. The fourth-order valence-corrected chi connectivity index (χ4v) is 1.98. The van der Waals surface area contributed by atoms with Crippen LogP contribution in [0, 0.1) is 5.92 Å². The lowest BCUT2D eigenvalue weighted by molar-refractivity contribution is 0.150. The average Bonchev–Trinajstić information content (AvgIpc) is 3.23.